The van der Waals surface area contributed by atoms with Crippen LogP contribution >= 0.6 is 0 Å². The minimum absolute atomic E-state index is 0.00377. The van der Waals surface area contributed by atoms with Crippen molar-refractivity contribution < 1.29 is 4.74 Å². The molecule has 1 aliphatic heterocycles. The highest BCUT2D eigenvalue weighted by atomic mass is 16.5. The van der Waals surface area contributed by atoms with Gasteiger partial charge < -0.3 is 15.8 Å². The van der Waals surface area contributed by atoms with E-state index in [4.69, 9.17) is 10.5 Å². The summed E-state index contributed by atoms with van der Waals surface area (Å²) in [4.78, 5) is 12.1. The van der Waals surface area contributed by atoms with Crippen LogP contribution in [0.15, 0.2) is 29.1 Å². The smallest absolute Gasteiger partial charge is 0.278 e. The standard InChI is InChI=1S/C13H15N5O2/c1-20-9-4-2-8(3-5-9)11-7-18-12(19)10(6-14)16-17-13(18)15-11/h2-5,11H,6-7,14H2,1H3,(H,15,17). The van der Waals surface area contributed by atoms with E-state index >= 15 is 0 Å². The number of rotatable bonds is 3. The molecule has 20 heavy (non-hydrogen) atoms. The third-order valence-corrected chi connectivity index (χ3v) is 3.39. The van der Waals surface area contributed by atoms with Crippen molar-refractivity contribution in [1.82, 2.24) is 14.8 Å². The first-order chi connectivity index (χ1) is 9.72. The van der Waals surface area contributed by atoms with Crippen molar-refractivity contribution in [2.24, 2.45) is 5.73 Å². The normalized spacial score (nSPS) is 16.6. The fourth-order valence-electron chi connectivity index (χ4n) is 2.27. The molecule has 2 aromatic rings. The summed E-state index contributed by atoms with van der Waals surface area (Å²) in [7, 11) is 1.63. The first-order valence-electron chi connectivity index (χ1n) is 6.30. The van der Waals surface area contributed by atoms with Crippen LogP contribution in [-0.2, 0) is 13.1 Å². The highest BCUT2D eigenvalue weighted by Gasteiger charge is 2.25. The van der Waals surface area contributed by atoms with Gasteiger partial charge in [0.05, 0.1) is 19.7 Å². The highest BCUT2D eigenvalue weighted by molar-refractivity contribution is 5.38. The van der Waals surface area contributed by atoms with Gasteiger partial charge in [0, 0.05) is 6.54 Å². The predicted molar refractivity (Wildman–Crippen MR) is 73.5 cm³/mol. The van der Waals surface area contributed by atoms with Crippen molar-refractivity contribution >= 4 is 5.95 Å². The van der Waals surface area contributed by atoms with Crippen LogP contribution in [0.2, 0.25) is 0 Å². The van der Waals surface area contributed by atoms with Gasteiger partial charge in [0.25, 0.3) is 5.56 Å². The molecule has 3 N–H and O–H groups in total. The van der Waals surface area contributed by atoms with E-state index in [1.54, 1.807) is 11.7 Å². The summed E-state index contributed by atoms with van der Waals surface area (Å²) in [5.74, 6) is 1.28. The number of nitrogens with one attached hydrogen (secondary N) is 1. The Hall–Kier alpha value is -2.41. The number of nitrogens with two attached hydrogens (primary N) is 1. The number of hydrogen-bond acceptors (Lipinski definition) is 6. The summed E-state index contributed by atoms with van der Waals surface area (Å²) in [6.45, 7) is 0.613. The third-order valence-electron chi connectivity index (χ3n) is 3.39. The molecule has 0 aliphatic carbocycles. The Labute approximate surface area is 115 Å². The van der Waals surface area contributed by atoms with E-state index < -0.39 is 0 Å². The lowest BCUT2D eigenvalue weighted by Gasteiger charge is -2.10. The maximum atomic E-state index is 12.1. The number of nitrogens with zero attached hydrogens (tertiary/aromatic N) is 3. The molecular weight excluding hydrogens is 258 g/mol. The topological polar surface area (TPSA) is 95.1 Å². The van der Waals surface area contributed by atoms with Gasteiger partial charge >= 0.3 is 0 Å². The molecule has 3 rings (SSSR count). The fourth-order valence-corrected chi connectivity index (χ4v) is 2.27. The molecule has 1 aliphatic rings. The van der Waals surface area contributed by atoms with Crippen LogP contribution in [-0.4, -0.2) is 21.9 Å². The molecule has 0 saturated heterocycles. The second-order valence-electron chi connectivity index (χ2n) is 4.56. The molecular formula is C13H15N5O2. The summed E-state index contributed by atoms with van der Waals surface area (Å²) in [5, 5.41) is 11.0. The molecule has 0 spiro atoms. The summed E-state index contributed by atoms with van der Waals surface area (Å²) < 4.78 is 6.70. The van der Waals surface area contributed by atoms with Crippen LogP contribution < -0.4 is 21.3 Å². The van der Waals surface area contributed by atoms with Gasteiger partial charge in [-0.3, -0.25) is 9.36 Å². The van der Waals surface area contributed by atoms with E-state index in [1.165, 1.54) is 0 Å². The van der Waals surface area contributed by atoms with E-state index in [-0.39, 0.29) is 23.8 Å². The second-order valence-corrected chi connectivity index (χ2v) is 4.56. The molecule has 1 atom stereocenters. The SMILES string of the molecule is COc1ccc(C2Cn3c(nnc(CN)c3=O)N2)cc1. The molecule has 0 saturated carbocycles. The molecule has 7 heteroatoms. The summed E-state index contributed by atoms with van der Waals surface area (Å²) in [6.07, 6.45) is 0. The summed E-state index contributed by atoms with van der Waals surface area (Å²) in [5.41, 5.74) is 6.64. The first-order valence-corrected chi connectivity index (χ1v) is 6.30. The lowest BCUT2D eigenvalue weighted by atomic mass is 10.1. The molecule has 1 aromatic carbocycles. The van der Waals surface area contributed by atoms with Gasteiger partial charge in [-0.2, -0.15) is 0 Å². The number of methoxy groups -OCH3 is 1. The van der Waals surface area contributed by atoms with Crippen LogP contribution in [0.4, 0.5) is 5.95 Å². The largest absolute Gasteiger partial charge is 0.497 e. The Morgan fingerprint density at radius 2 is 2.15 bits per heavy atom. The van der Waals surface area contributed by atoms with Crippen LogP contribution in [0.25, 0.3) is 0 Å². The molecule has 104 valence electrons. The molecule has 2 heterocycles. The molecule has 0 amide bonds. The minimum atomic E-state index is -0.180. The van der Waals surface area contributed by atoms with Crippen molar-refractivity contribution in [3.8, 4) is 5.75 Å². The average Bonchev–Trinajstić information content (AvgIpc) is 2.93. The average molecular weight is 273 g/mol. The van der Waals surface area contributed by atoms with Gasteiger partial charge in [-0.15, -0.1) is 10.2 Å². The molecule has 1 unspecified atom stereocenters. The lowest BCUT2D eigenvalue weighted by Crippen LogP contribution is -2.26. The van der Waals surface area contributed by atoms with E-state index in [1.807, 2.05) is 24.3 Å². The van der Waals surface area contributed by atoms with Gasteiger partial charge in [0.1, 0.15) is 11.4 Å². The van der Waals surface area contributed by atoms with E-state index in [0.29, 0.717) is 12.5 Å². The number of benzene rings is 1. The zero-order valence-electron chi connectivity index (χ0n) is 11.0. The van der Waals surface area contributed by atoms with Crippen LogP contribution in [0, 0.1) is 0 Å². The van der Waals surface area contributed by atoms with Gasteiger partial charge in [0.15, 0.2) is 0 Å². The molecule has 0 radical (unpaired) electrons. The van der Waals surface area contributed by atoms with E-state index in [9.17, 15) is 4.79 Å². The summed E-state index contributed by atoms with van der Waals surface area (Å²) >= 11 is 0. The monoisotopic (exact) mass is 273 g/mol. The Balaban J connectivity index is 1.89. The fraction of sp³-hybridized carbons (Fsp3) is 0.308. The Kier molecular flexibility index (Phi) is 3.11. The maximum absolute atomic E-state index is 12.1. The first kappa shape index (κ1) is 12.6. The van der Waals surface area contributed by atoms with Crippen molar-refractivity contribution in [2.75, 3.05) is 12.4 Å². The quantitative estimate of drug-likeness (QED) is 0.833. The molecule has 1 aromatic heterocycles. The van der Waals surface area contributed by atoms with Crippen LogP contribution in [0.5, 0.6) is 5.75 Å². The Bertz CT molecular complexity index is 680. The second kappa shape index (κ2) is 4.93. The molecule has 0 fully saturated rings. The van der Waals surface area contributed by atoms with Gasteiger partial charge in [0.2, 0.25) is 5.95 Å². The highest BCUT2D eigenvalue weighted by Crippen LogP contribution is 2.26. The Morgan fingerprint density at radius 3 is 2.80 bits per heavy atom. The van der Waals surface area contributed by atoms with Crippen molar-refractivity contribution in [2.45, 2.75) is 19.1 Å². The number of anilines is 1. The number of ether oxygens (including phenoxy) is 1. The van der Waals surface area contributed by atoms with Crippen LogP contribution in [0.3, 0.4) is 0 Å². The maximum Gasteiger partial charge on any atom is 0.278 e. The minimum Gasteiger partial charge on any atom is -0.497 e. The zero-order chi connectivity index (χ0) is 14.1. The van der Waals surface area contributed by atoms with Crippen molar-refractivity contribution in [3.05, 3.63) is 45.9 Å². The number of aromatic nitrogens is 3. The van der Waals surface area contributed by atoms with Crippen molar-refractivity contribution in [3.63, 3.8) is 0 Å². The number of hydrogen-bond donors (Lipinski definition) is 2. The Morgan fingerprint density at radius 1 is 1.40 bits per heavy atom. The van der Waals surface area contributed by atoms with Gasteiger partial charge in [-0.25, -0.2) is 0 Å². The van der Waals surface area contributed by atoms with Gasteiger partial charge in [-0.1, -0.05) is 12.1 Å². The number of fused-ring (bicyclic) bond motifs is 1. The van der Waals surface area contributed by atoms with Gasteiger partial charge in [-0.05, 0) is 17.7 Å². The predicted octanol–water partition coefficient (Wildman–Crippen LogP) is 0.272. The third kappa shape index (κ3) is 2.01. The van der Waals surface area contributed by atoms with E-state index in [0.717, 1.165) is 11.3 Å². The molecule has 0 bridgehead atoms. The van der Waals surface area contributed by atoms with E-state index in [2.05, 4.69) is 15.5 Å². The summed E-state index contributed by atoms with van der Waals surface area (Å²) in [6, 6.07) is 7.70. The molecule has 7 nitrogen and oxygen atoms in total. The zero-order valence-corrected chi connectivity index (χ0v) is 11.0. The van der Waals surface area contributed by atoms with Crippen LogP contribution in [0.1, 0.15) is 17.3 Å². The van der Waals surface area contributed by atoms with Crippen molar-refractivity contribution in [1.29, 1.82) is 0 Å². The lowest BCUT2D eigenvalue weighted by molar-refractivity contribution is 0.414.